The SMILES string of the molecule is CC(C)(C)OC(=O)Nc1ccc(C2(CCN)CCC2)c(F)c1. The van der Waals surface area contributed by atoms with Crippen molar-refractivity contribution >= 4 is 11.8 Å². The number of nitrogens with one attached hydrogen (secondary N) is 1. The lowest BCUT2D eigenvalue weighted by Gasteiger charge is -2.42. The Balaban J connectivity index is 2.11. The number of ether oxygens (including phenoxy) is 1. The molecule has 3 N–H and O–H groups in total. The topological polar surface area (TPSA) is 64.3 Å². The first-order valence-electron chi connectivity index (χ1n) is 7.76. The van der Waals surface area contributed by atoms with Crippen LogP contribution in [0, 0.1) is 5.82 Å². The van der Waals surface area contributed by atoms with Gasteiger partial charge in [0, 0.05) is 5.69 Å². The molecular weight excluding hydrogens is 283 g/mol. The third-order valence-electron chi connectivity index (χ3n) is 4.12. The Hall–Kier alpha value is -1.62. The normalized spacial score (nSPS) is 16.8. The number of benzene rings is 1. The van der Waals surface area contributed by atoms with E-state index in [1.54, 1.807) is 32.9 Å². The molecule has 1 amide bonds. The average molecular weight is 308 g/mol. The van der Waals surface area contributed by atoms with Crippen LogP contribution in [0.1, 0.15) is 52.0 Å². The summed E-state index contributed by atoms with van der Waals surface area (Å²) in [4.78, 5) is 11.7. The summed E-state index contributed by atoms with van der Waals surface area (Å²) in [6.07, 6.45) is 3.26. The van der Waals surface area contributed by atoms with Gasteiger partial charge in [-0.05, 0) is 69.7 Å². The molecule has 0 spiro atoms. The third-order valence-corrected chi connectivity index (χ3v) is 4.12. The molecule has 0 unspecified atom stereocenters. The van der Waals surface area contributed by atoms with Crippen molar-refractivity contribution in [2.24, 2.45) is 5.73 Å². The number of rotatable bonds is 4. The summed E-state index contributed by atoms with van der Waals surface area (Å²) < 4.78 is 19.6. The fourth-order valence-electron chi connectivity index (χ4n) is 2.98. The summed E-state index contributed by atoms with van der Waals surface area (Å²) in [5.74, 6) is -0.290. The maximum absolute atomic E-state index is 14.4. The van der Waals surface area contributed by atoms with Gasteiger partial charge < -0.3 is 10.5 Å². The predicted molar refractivity (Wildman–Crippen MR) is 85.5 cm³/mol. The molecule has 1 aromatic carbocycles. The van der Waals surface area contributed by atoms with Gasteiger partial charge >= 0.3 is 6.09 Å². The van der Waals surface area contributed by atoms with Crippen LogP contribution in [0.2, 0.25) is 0 Å². The maximum Gasteiger partial charge on any atom is 0.412 e. The summed E-state index contributed by atoms with van der Waals surface area (Å²) >= 11 is 0. The average Bonchev–Trinajstić information content (AvgIpc) is 2.32. The van der Waals surface area contributed by atoms with Crippen molar-refractivity contribution < 1.29 is 13.9 Å². The summed E-state index contributed by atoms with van der Waals surface area (Å²) in [6.45, 7) is 5.90. The number of nitrogens with two attached hydrogens (primary N) is 1. The highest BCUT2D eigenvalue weighted by Crippen LogP contribution is 2.47. The van der Waals surface area contributed by atoms with Crippen LogP contribution in [0.15, 0.2) is 18.2 Å². The van der Waals surface area contributed by atoms with Gasteiger partial charge in [-0.1, -0.05) is 12.5 Å². The van der Waals surface area contributed by atoms with E-state index >= 15 is 0 Å². The number of hydrogen-bond acceptors (Lipinski definition) is 3. The van der Waals surface area contributed by atoms with Gasteiger partial charge in [0.1, 0.15) is 11.4 Å². The minimum absolute atomic E-state index is 0.122. The number of amides is 1. The van der Waals surface area contributed by atoms with Crippen molar-refractivity contribution in [2.45, 2.75) is 57.5 Å². The zero-order chi connectivity index (χ0) is 16.4. The Morgan fingerprint density at radius 2 is 2.09 bits per heavy atom. The summed E-state index contributed by atoms with van der Waals surface area (Å²) in [7, 11) is 0. The van der Waals surface area contributed by atoms with Crippen LogP contribution in [-0.4, -0.2) is 18.2 Å². The second-order valence-electron chi connectivity index (χ2n) is 6.99. The highest BCUT2D eigenvalue weighted by atomic mass is 19.1. The van der Waals surface area contributed by atoms with E-state index in [0.29, 0.717) is 17.8 Å². The largest absolute Gasteiger partial charge is 0.444 e. The molecule has 0 bridgehead atoms. The maximum atomic E-state index is 14.4. The Morgan fingerprint density at radius 1 is 1.41 bits per heavy atom. The lowest BCUT2D eigenvalue weighted by molar-refractivity contribution is 0.0636. The number of hydrogen-bond donors (Lipinski definition) is 2. The van der Waals surface area contributed by atoms with Crippen LogP contribution >= 0.6 is 0 Å². The van der Waals surface area contributed by atoms with Gasteiger partial charge in [-0.3, -0.25) is 5.32 Å². The summed E-state index contributed by atoms with van der Waals surface area (Å²) in [5.41, 5.74) is 6.07. The van der Waals surface area contributed by atoms with Gasteiger partial charge in [-0.2, -0.15) is 0 Å². The van der Waals surface area contributed by atoms with Gasteiger partial charge in [0.05, 0.1) is 0 Å². The molecule has 1 aliphatic rings. The van der Waals surface area contributed by atoms with Crippen LogP contribution < -0.4 is 11.1 Å². The van der Waals surface area contributed by atoms with E-state index in [1.807, 2.05) is 0 Å². The van der Waals surface area contributed by atoms with Crippen LogP contribution in [0.25, 0.3) is 0 Å². The number of halogens is 1. The molecule has 1 fully saturated rings. The van der Waals surface area contributed by atoms with E-state index in [0.717, 1.165) is 25.7 Å². The highest BCUT2D eigenvalue weighted by molar-refractivity contribution is 5.84. The van der Waals surface area contributed by atoms with Crippen molar-refractivity contribution in [3.8, 4) is 0 Å². The molecule has 2 rings (SSSR count). The molecule has 0 aromatic heterocycles. The fraction of sp³-hybridized carbons (Fsp3) is 0.588. The molecule has 0 aliphatic heterocycles. The van der Waals surface area contributed by atoms with Gasteiger partial charge in [0.15, 0.2) is 0 Å². The molecule has 1 aliphatic carbocycles. The summed E-state index contributed by atoms with van der Waals surface area (Å²) in [5, 5.41) is 2.56. The van der Waals surface area contributed by atoms with E-state index in [2.05, 4.69) is 5.32 Å². The van der Waals surface area contributed by atoms with Crippen LogP contribution in [0.3, 0.4) is 0 Å². The van der Waals surface area contributed by atoms with E-state index in [9.17, 15) is 9.18 Å². The predicted octanol–water partition coefficient (Wildman–Crippen LogP) is 3.94. The van der Waals surface area contributed by atoms with Crippen LogP contribution in [-0.2, 0) is 10.2 Å². The first-order valence-corrected chi connectivity index (χ1v) is 7.76. The van der Waals surface area contributed by atoms with Gasteiger partial charge in [0.25, 0.3) is 0 Å². The Bertz CT molecular complexity index is 548. The van der Waals surface area contributed by atoms with Crippen molar-refractivity contribution in [1.82, 2.24) is 0 Å². The van der Waals surface area contributed by atoms with Crippen LogP contribution in [0.5, 0.6) is 0 Å². The summed E-state index contributed by atoms with van der Waals surface area (Å²) in [6, 6.07) is 4.84. The molecular formula is C17H25FN2O2. The number of carbonyl (C=O) groups is 1. The molecule has 0 radical (unpaired) electrons. The van der Waals surface area contributed by atoms with Crippen molar-refractivity contribution in [3.05, 3.63) is 29.6 Å². The van der Waals surface area contributed by atoms with Crippen molar-refractivity contribution in [2.75, 3.05) is 11.9 Å². The Kier molecular flexibility index (Phi) is 4.75. The lowest BCUT2D eigenvalue weighted by atomic mass is 9.62. The molecule has 1 saturated carbocycles. The van der Waals surface area contributed by atoms with Gasteiger partial charge in [-0.15, -0.1) is 0 Å². The zero-order valence-electron chi connectivity index (χ0n) is 13.5. The number of carbonyl (C=O) groups excluding carboxylic acids is 1. The molecule has 5 heteroatoms. The Morgan fingerprint density at radius 3 is 2.55 bits per heavy atom. The van der Waals surface area contributed by atoms with Crippen molar-refractivity contribution in [3.63, 3.8) is 0 Å². The van der Waals surface area contributed by atoms with Gasteiger partial charge in [-0.25, -0.2) is 9.18 Å². The smallest absolute Gasteiger partial charge is 0.412 e. The van der Waals surface area contributed by atoms with E-state index in [-0.39, 0.29) is 11.2 Å². The molecule has 0 heterocycles. The lowest BCUT2D eigenvalue weighted by Crippen LogP contribution is -2.37. The monoisotopic (exact) mass is 308 g/mol. The minimum atomic E-state index is -0.584. The first kappa shape index (κ1) is 16.7. The molecule has 1 aromatic rings. The minimum Gasteiger partial charge on any atom is -0.444 e. The van der Waals surface area contributed by atoms with E-state index in [1.165, 1.54) is 6.07 Å². The second kappa shape index (κ2) is 6.24. The fourth-order valence-corrected chi connectivity index (χ4v) is 2.98. The third kappa shape index (κ3) is 3.77. The first-order chi connectivity index (χ1) is 10.3. The van der Waals surface area contributed by atoms with Crippen LogP contribution in [0.4, 0.5) is 14.9 Å². The molecule has 4 nitrogen and oxygen atoms in total. The highest BCUT2D eigenvalue weighted by Gasteiger charge is 2.39. The molecule has 0 saturated heterocycles. The van der Waals surface area contributed by atoms with Gasteiger partial charge in [0.2, 0.25) is 0 Å². The second-order valence-corrected chi connectivity index (χ2v) is 6.99. The van der Waals surface area contributed by atoms with E-state index < -0.39 is 11.7 Å². The number of anilines is 1. The molecule has 22 heavy (non-hydrogen) atoms. The molecule has 0 atom stereocenters. The molecule has 122 valence electrons. The van der Waals surface area contributed by atoms with E-state index in [4.69, 9.17) is 10.5 Å². The zero-order valence-corrected chi connectivity index (χ0v) is 13.5. The quantitative estimate of drug-likeness (QED) is 0.885. The Labute approximate surface area is 131 Å². The van der Waals surface area contributed by atoms with Crippen molar-refractivity contribution in [1.29, 1.82) is 0 Å². The standard InChI is InChI=1S/C17H25FN2O2/c1-16(2,3)22-15(21)20-12-5-6-13(14(18)11-12)17(9-10-19)7-4-8-17/h5-6,11H,4,7-10,19H2,1-3H3,(H,20,21).